The Kier molecular flexibility index (Phi) is 7.71. The van der Waals surface area contributed by atoms with Crippen LogP contribution in [-0.4, -0.2) is 55.4 Å². The van der Waals surface area contributed by atoms with Crippen LogP contribution in [0.5, 0.6) is 17.4 Å². The van der Waals surface area contributed by atoms with Gasteiger partial charge in [0.2, 0.25) is 5.88 Å². The lowest BCUT2D eigenvalue weighted by atomic mass is 9.77. The van der Waals surface area contributed by atoms with Crippen LogP contribution in [0.2, 0.25) is 0 Å². The van der Waals surface area contributed by atoms with Gasteiger partial charge in [0, 0.05) is 12.5 Å². The number of fused-ring (bicyclic) bond motifs is 3. The highest BCUT2D eigenvalue weighted by Crippen LogP contribution is 2.41. The summed E-state index contributed by atoms with van der Waals surface area (Å²) < 4.78 is 21.1. The number of hydrogen-bond acceptors (Lipinski definition) is 8. The van der Waals surface area contributed by atoms with E-state index in [0.717, 1.165) is 35.2 Å². The number of piperidine rings is 3. The Labute approximate surface area is 200 Å². The smallest absolute Gasteiger partial charge is 0.414 e. The van der Waals surface area contributed by atoms with Crippen LogP contribution in [0, 0.1) is 5.92 Å². The zero-order valence-electron chi connectivity index (χ0n) is 18.4. The maximum Gasteiger partial charge on any atom is 0.414 e. The summed E-state index contributed by atoms with van der Waals surface area (Å²) in [6.45, 7) is 4.00. The van der Waals surface area contributed by atoms with Crippen LogP contribution in [0.1, 0.15) is 30.0 Å². The first kappa shape index (κ1) is 23.7. The van der Waals surface area contributed by atoms with E-state index in [-0.39, 0.29) is 0 Å². The van der Waals surface area contributed by atoms with Gasteiger partial charge in [0.05, 0.1) is 11.7 Å². The van der Waals surface area contributed by atoms with Crippen molar-refractivity contribution in [2.45, 2.75) is 25.4 Å². The number of carboxylic acid groups (broad SMARTS) is 2. The van der Waals surface area contributed by atoms with E-state index in [2.05, 4.69) is 13.6 Å². The first-order valence-corrected chi connectivity index (χ1v) is 11.7. The van der Waals surface area contributed by atoms with Gasteiger partial charge in [0.15, 0.2) is 0 Å². The number of carbonyl (C=O) groups is 2. The van der Waals surface area contributed by atoms with E-state index in [1.165, 1.54) is 37.7 Å². The summed E-state index contributed by atoms with van der Waals surface area (Å²) in [5, 5.41) is 14.8. The van der Waals surface area contributed by atoms with Gasteiger partial charge in [0.1, 0.15) is 23.8 Å². The number of rotatable bonds is 6. The van der Waals surface area contributed by atoms with E-state index >= 15 is 0 Å². The molecule has 0 saturated carbocycles. The maximum atomic E-state index is 9.10. The third-order valence-corrected chi connectivity index (χ3v) is 6.45. The average Bonchev–Trinajstić information content (AvgIpc) is 3.33. The molecule has 0 amide bonds. The summed E-state index contributed by atoms with van der Waals surface area (Å²) >= 11 is 1.26. The fourth-order valence-corrected chi connectivity index (χ4v) is 4.83. The van der Waals surface area contributed by atoms with Crippen molar-refractivity contribution in [1.29, 1.82) is 0 Å². The summed E-state index contributed by atoms with van der Waals surface area (Å²) in [6, 6.07) is 17.8. The molecule has 3 aliphatic rings. The minimum absolute atomic E-state index is 0.462. The van der Waals surface area contributed by atoms with Crippen molar-refractivity contribution < 1.29 is 29.3 Å². The molecule has 34 heavy (non-hydrogen) atoms. The summed E-state index contributed by atoms with van der Waals surface area (Å²) in [5.74, 6) is -0.124. The molecule has 3 saturated heterocycles. The van der Waals surface area contributed by atoms with Crippen molar-refractivity contribution in [2.75, 3.05) is 19.6 Å². The highest BCUT2D eigenvalue weighted by molar-refractivity contribution is 6.99. The number of hydrogen-bond donors (Lipinski definition) is 2. The van der Waals surface area contributed by atoms with Crippen molar-refractivity contribution in [3.63, 3.8) is 0 Å². The normalized spacial score (nSPS) is 20.6. The van der Waals surface area contributed by atoms with Crippen molar-refractivity contribution in [1.82, 2.24) is 13.6 Å². The van der Waals surface area contributed by atoms with E-state index < -0.39 is 11.9 Å². The third-order valence-electron chi connectivity index (χ3n) is 5.93. The molecule has 2 aromatic carbocycles. The quantitative estimate of drug-likeness (QED) is 0.503. The second-order valence-electron chi connectivity index (χ2n) is 8.16. The van der Waals surface area contributed by atoms with Crippen molar-refractivity contribution >= 4 is 23.7 Å². The molecule has 2 bridgehead atoms. The van der Waals surface area contributed by atoms with Gasteiger partial charge in [-0.15, -0.1) is 4.37 Å². The van der Waals surface area contributed by atoms with Gasteiger partial charge in [-0.2, -0.15) is 4.37 Å². The van der Waals surface area contributed by atoms with Gasteiger partial charge in [0.25, 0.3) is 0 Å². The largest absolute Gasteiger partial charge is 0.473 e. The van der Waals surface area contributed by atoms with Crippen LogP contribution < -0.4 is 9.47 Å². The van der Waals surface area contributed by atoms with Crippen LogP contribution in [0.3, 0.4) is 0 Å². The lowest BCUT2D eigenvalue weighted by Crippen LogP contribution is -2.46. The van der Waals surface area contributed by atoms with E-state index in [9.17, 15) is 0 Å². The highest BCUT2D eigenvalue weighted by Gasteiger charge is 2.38. The molecule has 3 aliphatic heterocycles. The molecule has 10 heteroatoms. The van der Waals surface area contributed by atoms with Gasteiger partial charge in [-0.05, 0) is 61.7 Å². The second-order valence-corrected chi connectivity index (χ2v) is 8.69. The third kappa shape index (κ3) is 6.09. The predicted octanol–water partition coefficient (Wildman–Crippen LogP) is 3.87. The highest BCUT2D eigenvalue weighted by atomic mass is 32.1. The number of carboxylic acids is 2. The maximum absolute atomic E-state index is 9.10. The molecule has 4 heterocycles. The molecule has 3 fully saturated rings. The molecule has 0 radical (unpaired) electrons. The monoisotopic (exact) mass is 483 g/mol. The van der Waals surface area contributed by atoms with E-state index in [4.69, 9.17) is 29.3 Å². The molecule has 0 aliphatic carbocycles. The van der Waals surface area contributed by atoms with Crippen LogP contribution in [0.25, 0.3) is 0 Å². The Hall–Kier alpha value is -3.50. The Morgan fingerprint density at radius 1 is 0.971 bits per heavy atom. The second kappa shape index (κ2) is 11.1. The van der Waals surface area contributed by atoms with E-state index in [1.807, 2.05) is 54.6 Å². The fourth-order valence-electron chi connectivity index (χ4n) is 4.26. The summed E-state index contributed by atoms with van der Waals surface area (Å²) in [7, 11) is 0. The number of ether oxygens (including phenoxy) is 2. The van der Waals surface area contributed by atoms with Crippen LogP contribution >= 0.6 is 11.7 Å². The number of aliphatic carboxylic acids is 2. The molecular weight excluding hydrogens is 458 g/mol. The first-order chi connectivity index (χ1) is 16.5. The van der Waals surface area contributed by atoms with Crippen LogP contribution in [-0.2, 0) is 16.2 Å². The molecule has 1 unspecified atom stereocenters. The lowest BCUT2D eigenvalue weighted by Gasteiger charge is -2.44. The van der Waals surface area contributed by atoms with Crippen LogP contribution in [0.4, 0.5) is 0 Å². The SMILES string of the molecule is O=C(O)C(=O)O.c1ccc(Oc2cccc(COc3nsnc3C3CN4CCC3CC4)c2)cc1. The summed E-state index contributed by atoms with van der Waals surface area (Å²) in [5.41, 5.74) is 2.11. The average molecular weight is 484 g/mol. The van der Waals surface area contributed by atoms with Gasteiger partial charge >= 0.3 is 11.9 Å². The van der Waals surface area contributed by atoms with Gasteiger partial charge in [-0.3, -0.25) is 0 Å². The molecule has 1 aromatic heterocycles. The molecule has 178 valence electrons. The Bertz CT molecular complexity index is 1100. The molecule has 2 N–H and O–H groups in total. The molecule has 3 aromatic rings. The zero-order valence-corrected chi connectivity index (χ0v) is 19.2. The number of aromatic nitrogens is 2. The zero-order chi connectivity index (χ0) is 23.9. The topological polar surface area (TPSA) is 122 Å². The summed E-state index contributed by atoms with van der Waals surface area (Å²) in [4.78, 5) is 20.7. The number of benzene rings is 2. The molecule has 6 rings (SSSR count). The Morgan fingerprint density at radius 2 is 1.68 bits per heavy atom. The predicted molar refractivity (Wildman–Crippen MR) is 124 cm³/mol. The van der Waals surface area contributed by atoms with E-state index in [0.29, 0.717) is 18.4 Å². The minimum atomic E-state index is -1.82. The van der Waals surface area contributed by atoms with Crippen molar-refractivity contribution in [3.05, 3.63) is 65.9 Å². The number of nitrogens with zero attached hydrogens (tertiary/aromatic N) is 3. The first-order valence-electron chi connectivity index (χ1n) is 10.9. The fraction of sp³-hybridized carbons (Fsp3) is 0.333. The molecule has 9 nitrogen and oxygen atoms in total. The summed E-state index contributed by atoms with van der Waals surface area (Å²) in [6.07, 6.45) is 2.53. The molecular formula is C24H25N3O6S. The number of para-hydroxylation sites is 1. The van der Waals surface area contributed by atoms with Crippen molar-refractivity contribution in [2.24, 2.45) is 5.92 Å². The van der Waals surface area contributed by atoms with Gasteiger partial charge in [-0.25, -0.2) is 9.59 Å². The van der Waals surface area contributed by atoms with Gasteiger partial charge in [-0.1, -0.05) is 30.3 Å². The molecule has 0 spiro atoms. The Morgan fingerprint density at radius 3 is 2.32 bits per heavy atom. The lowest BCUT2D eigenvalue weighted by molar-refractivity contribution is -0.159. The minimum Gasteiger partial charge on any atom is -0.473 e. The Balaban J connectivity index is 0.000000408. The van der Waals surface area contributed by atoms with Gasteiger partial charge < -0.3 is 24.6 Å². The van der Waals surface area contributed by atoms with E-state index in [1.54, 1.807) is 0 Å². The standard InChI is InChI=1S/C22H23N3O2S.C2H2O4/c1-2-6-18(7-3-1)27-19-8-4-5-16(13-19)15-26-22-21(23-28-24-22)20-14-25-11-9-17(20)10-12-25;3-1(4)2(5)6/h1-8,13,17,20H,9-12,14-15H2;(H,3,4)(H,5,6). The van der Waals surface area contributed by atoms with Crippen molar-refractivity contribution in [3.8, 4) is 17.4 Å². The molecule has 1 atom stereocenters. The van der Waals surface area contributed by atoms with Crippen LogP contribution in [0.15, 0.2) is 54.6 Å².